The van der Waals surface area contributed by atoms with Crippen LogP contribution in [0.4, 0.5) is 5.69 Å². The number of benzene rings is 1. The Labute approximate surface area is 89.9 Å². The first kappa shape index (κ1) is 9.85. The quantitative estimate of drug-likeness (QED) is 0.698. The van der Waals surface area contributed by atoms with Crippen LogP contribution in [0.2, 0.25) is 0 Å². The minimum atomic E-state index is -0.176. The molecule has 0 saturated heterocycles. The molecular weight excluding hydrogens is 188 g/mol. The van der Waals surface area contributed by atoms with E-state index in [1.54, 1.807) is 0 Å². The molecule has 3 nitrogen and oxygen atoms in total. The third kappa shape index (κ3) is 1.63. The number of hydrogen-bond acceptors (Lipinski definition) is 3. The number of likely N-dealkylation sites (N-methyl/N-ethyl adjacent to an activating group) is 1. The van der Waals surface area contributed by atoms with E-state index in [-0.39, 0.29) is 6.04 Å². The van der Waals surface area contributed by atoms with Gasteiger partial charge >= 0.3 is 0 Å². The molecule has 78 valence electrons. The highest BCUT2D eigenvalue weighted by atomic mass is 16.5. The fourth-order valence-corrected chi connectivity index (χ4v) is 1.75. The van der Waals surface area contributed by atoms with Gasteiger partial charge in [0.05, 0.1) is 11.8 Å². The van der Waals surface area contributed by atoms with Crippen molar-refractivity contribution in [2.24, 2.45) is 0 Å². The van der Waals surface area contributed by atoms with Gasteiger partial charge in [-0.1, -0.05) is 13.0 Å². The third-order valence-corrected chi connectivity index (χ3v) is 2.82. The Balaban J connectivity index is 2.41. The molecule has 0 aromatic heterocycles. The Morgan fingerprint density at radius 2 is 2.40 bits per heavy atom. The second-order valence-electron chi connectivity index (χ2n) is 3.72. The number of rotatable bonds is 1. The second kappa shape index (κ2) is 3.82. The summed E-state index contributed by atoms with van der Waals surface area (Å²) in [6.45, 7) is 2.57. The van der Waals surface area contributed by atoms with Crippen LogP contribution in [0.1, 0.15) is 12.5 Å². The van der Waals surface area contributed by atoms with Crippen LogP contribution in [0.25, 0.3) is 0 Å². The second-order valence-corrected chi connectivity index (χ2v) is 3.72. The van der Waals surface area contributed by atoms with Gasteiger partial charge in [-0.3, -0.25) is 0 Å². The molecule has 0 saturated carbocycles. The summed E-state index contributed by atoms with van der Waals surface area (Å²) >= 11 is 0. The summed E-state index contributed by atoms with van der Waals surface area (Å²) < 4.78 is 5.53. The normalized spacial score (nSPS) is 19.0. The number of aryl methyl sites for hydroxylation is 1. The molecule has 2 rings (SSSR count). The Morgan fingerprint density at radius 1 is 1.60 bits per heavy atom. The number of fused-ring (bicyclic) bond motifs is 1. The molecule has 1 atom stereocenters. The van der Waals surface area contributed by atoms with E-state index in [4.69, 9.17) is 10.00 Å². The molecule has 0 bridgehead atoms. The lowest BCUT2D eigenvalue weighted by Crippen LogP contribution is -2.39. The van der Waals surface area contributed by atoms with Crippen molar-refractivity contribution in [3.63, 3.8) is 0 Å². The zero-order valence-electron chi connectivity index (χ0n) is 9.03. The predicted octanol–water partition coefficient (Wildman–Crippen LogP) is 1.97. The summed E-state index contributed by atoms with van der Waals surface area (Å²) in [7, 11) is 1.94. The topological polar surface area (TPSA) is 36.3 Å². The van der Waals surface area contributed by atoms with Crippen LogP contribution in [-0.4, -0.2) is 19.7 Å². The van der Waals surface area contributed by atoms with E-state index in [0.717, 1.165) is 17.9 Å². The largest absolute Gasteiger partial charge is 0.488 e. The van der Waals surface area contributed by atoms with Crippen LogP contribution in [0.15, 0.2) is 18.2 Å². The summed E-state index contributed by atoms with van der Waals surface area (Å²) in [4.78, 5) is 1.98. The van der Waals surface area contributed by atoms with E-state index in [9.17, 15) is 0 Å². The molecule has 0 fully saturated rings. The van der Waals surface area contributed by atoms with Crippen molar-refractivity contribution in [1.29, 1.82) is 5.26 Å². The molecule has 1 aliphatic heterocycles. The van der Waals surface area contributed by atoms with Gasteiger partial charge in [0.25, 0.3) is 0 Å². The van der Waals surface area contributed by atoms with Gasteiger partial charge in [0.15, 0.2) is 6.04 Å². The number of anilines is 1. The van der Waals surface area contributed by atoms with Crippen molar-refractivity contribution >= 4 is 5.69 Å². The van der Waals surface area contributed by atoms with Crippen molar-refractivity contribution in [2.45, 2.75) is 19.4 Å². The van der Waals surface area contributed by atoms with Crippen LogP contribution < -0.4 is 9.64 Å². The fraction of sp³-hybridized carbons (Fsp3) is 0.417. The molecule has 1 aromatic carbocycles. The fourth-order valence-electron chi connectivity index (χ4n) is 1.75. The first-order valence-electron chi connectivity index (χ1n) is 5.14. The van der Waals surface area contributed by atoms with Crippen molar-refractivity contribution in [2.75, 3.05) is 18.6 Å². The Bertz CT molecular complexity index is 409. The van der Waals surface area contributed by atoms with Gasteiger partial charge in [-0.2, -0.15) is 5.26 Å². The van der Waals surface area contributed by atoms with E-state index in [1.807, 2.05) is 18.0 Å². The van der Waals surface area contributed by atoms with Gasteiger partial charge < -0.3 is 9.64 Å². The molecule has 15 heavy (non-hydrogen) atoms. The van der Waals surface area contributed by atoms with Crippen LogP contribution in [0, 0.1) is 11.3 Å². The summed E-state index contributed by atoms with van der Waals surface area (Å²) in [6, 6.07) is 8.21. The van der Waals surface area contributed by atoms with Crippen molar-refractivity contribution < 1.29 is 4.74 Å². The third-order valence-electron chi connectivity index (χ3n) is 2.82. The van der Waals surface area contributed by atoms with Gasteiger partial charge in [-0.05, 0) is 24.1 Å². The molecule has 0 aliphatic carbocycles. The van der Waals surface area contributed by atoms with E-state index in [0.29, 0.717) is 6.61 Å². The van der Waals surface area contributed by atoms with Crippen LogP contribution in [0.3, 0.4) is 0 Å². The predicted molar refractivity (Wildman–Crippen MR) is 59.1 cm³/mol. The van der Waals surface area contributed by atoms with Gasteiger partial charge in [0, 0.05) is 7.05 Å². The number of hydrogen-bond donors (Lipinski definition) is 0. The summed E-state index contributed by atoms with van der Waals surface area (Å²) in [6.07, 6.45) is 0.998. The number of ether oxygens (including phenoxy) is 1. The SMILES string of the molecule is CCc1ccc2c(c1)N(C)C(C#N)CO2. The minimum Gasteiger partial charge on any atom is -0.488 e. The minimum absolute atomic E-state index is 0.176. The van der Waals surface area contributed by atoms with E-state index >= 15 is 0 Å². The first-order valence-corrected chi connectivity index (χ1v) is 5.14. The molecule has 0 N–H and O–H groups in total. The molecule has 1 heterocycles. The van der Waals surface area contributed by atoms with Crippen molar-refractivity contribution in [3.05, 3.63) is 23.8 Å². The van der Waals surface area contributed by atoms with E-state index in [1.165, 1.54) is 5.56 Å². The van der Waals surface area contributed by atoms with Gasteiger partial charge in [-0.25, -0.2) is 0 Å². The maximum absolute atomic E-state index is 8.94. The number of nitrogens with zero attached hydrogens (tertiary/aromatic N) is 2. The highest BCUT2D eigenvalue weighted by Gasteiger charge is 2.24. The summed E-state index contributed by atoms with van der Waals surface area (Å²) in [5.74, 6) is 0.876. The zero-order chi connectivity index (χ0) is 10.8. The average molecular weight is 202 g/mol. The van der Waals surface area contributed by atoms with Crippen molar-refractivity contribution in [1.82, 2.24) is 0 Å². The van der Waals surface area contributed by atoms with Crippen LogP contribution in [-0.2, 0) is 6.42 Å². The average Bonchev–Trinajstić information content (AvgIpc) is 2.29. The Morgan fingerprint density at radius 3 is 3.07 bits per heavy atom. The zero-order valence-corrected chi connectivity index (χ0v) is 9.03. The molecular formula is C12H14N2O. The molecule has 0 amide bonds. The van der Waals surface area contributed by atoms with Gasteiger partial charge in [0.1, 0.15) is 12.4 Å². The van der Waals surface area contributed by atoms with Crippen LogP contribution >= 0.6 is 0 Å². The molecule has 1 unspecified atom stereocenters. The molecule has 0 spiro atoms. The maximum Gasteiger partial charge on any atom is 0.151 e. The smallest absolute Gasteiger partial charge is 0.151 e. The monoisotopic (exact) mass is 202 g/mol. The standard InChI is InChI=1S/C12H14N2O/c1-3-9-4-5-12-11(6-9)14(2)10(7-13)8-15-12/h4-6,10H,3,8H2,1-2H3. The molecule has 1 aliphatic rings. The lowest BCUT2D eigenvalue weighted by molar-refractivity contribution is 0.289. The molecule has 0 radical (unpaired) electrons. The van der Waals surface area contributed by atoms with Crippen LogP contribution in [0.5, 0.6) is 5.75 Å². The van der Waals surface area contributed by atoms with Gasteiger partial charge in [0.2, 0.25) is 0 Å². The highest BCUT2D eigenvalue weighted by Crippen LogP contribution is 2.33. The van der Waals surface area contributed by atoms with Crippen molar-refractivity contribution in [3.8, 4) is 11.8 Å². The molecule has 3 heteroatoms. The lowest BCUT2D eigenvalue weighted by Gasteiger charge is -2.32. The van der Waals surface area contributed by atoms with E-state index < -0.39 is 0 Å². The molecule has 1 aromatic rings. The first-order chi connectivity index (χ1) is 7.26. The van der Waals surface area contributed by atoms with Gasteiger partial charge in [-0.15, -0.1) is 0 Å². The maximum atomic E-state index is 8.94. The highest BCUT2D eigenvalue weighted by molar-refractivity contribution is 5.62. The summed E-state index contributed by atoms with van der Waals surface area (Å²) in [5.41, 5.74) is 2.29. The number of nitriles is 1. The Kier molecular flexibility index (Phi) is 2.51. The Hall–Kier alpha value is -1.69. The summed E-state index contributed by atoms with van der Waals surface area (Å²) in [5, 5.41) is 8.94. The lowest BCUT2D eigenvalue weighted by atomic mass is 10.1. The van der Waals surface area contributed by atoms with E-state index in [2.05, 4.69) is 25.1 Å².